The molecule has 1 fully saturated rings. The zero-order valence-electron chi connectivity index (χ0n) is 14.4. The van der Waals surface area contributed by atoms with Crippen LogP contribution in [0.5, 0.6) is 0 Å². The molecule has 1 heterocycles. The standard InChI is InChI=1S/C17H26N4O3/c1-3-18-17(20-9-8-15(12-20)13-24-4-2)19-11-14-6-5-7-16(10-14)21(22)23/h5-7,10,15H,3-4,8-9,11-13H2,1-2H3,(H,18,19). The number of ether oxygens (including phenoxy) is 1. The van der Waals surface area contributed by atoms with E-state index >= 15 is 0 Å². The first-order valence-corrected chi connectivity index (χ1v) is 8.48. The van der Waals surface area contributed by atoms with Gasteiger partial charge in [0.05, 0.1) is 18.1 Å². The van der Waals surface area contributed by atoms with Gasteiger partial charge in [-0.05, 0) is 25.8 Å². The number of nitro groups is 1. The van der Waals surface area contributed by atoms with Gasteiger partial charge < -0.3 is 15.0 Å². The molecule has 2 rings (SSSR count). The largest absolute Gasteiger partial charge is 0.381 e. The summed E-state index contributed by atoms with van der Waals surface area (Å²) >= 11 is 0. The zero-order valence-corrected chi connectivity index (χ0v) is 14.4. The van der Waals surface area contributed by atoms with E-state index in [4.69, 9.17) is 4.74 Å². The Labute approximate surface area is 142 Å². The number of likely N-dealkylation sites (tertiary alicyclic amines) is 1. The molecule has 0 saturated carbocycles. The van der Waals surface area contributed by atoms with Gasteiger partial charge in [-0.2, -0.15) is 0 Å². The highest BCUT2D eigenvalue weighted by Crippen LogP contribution is 2.18. The Balaban J connectivity index is 2.01. The number of nitrogens with zero attached hydrogens (tertiary/aromatic N) is 3. The minimum absolute atomic E-state index is 0.102. The Kier molecular flexibility index (Phi) is 6.99. The van der Waals surface area contributed by atoms with E-state index in [0.717, 1.165) is 50.8 Å². The average molecular weight is 334 g/mol. The Morgan fingerprint density at radius 3 is 3.04 bits per heavy atom. The molecule has 7 heteroatoms. The highest BCUT2D eigenvalue weighted by Gasteiger charge is 2.24. The van der Waals surface area contributed by atoms with E-state index in [-0.39, 0.29) is 10.6 Å². The third-order valence-electron chi connectivity index (χ3n) is 4.01. The van der Waals surface area contributed by atoms with Gasteiger partial charge in [0.2, 0.25) is 0 Å². The molecule has 1 aliphatic heterocycles. The second-order valence-electron chi connectivity index (χ2n) is 5.86. The molecular weight excluding hydrogens is 308 g/mol. The molecule has 1 unspecified atom stereocenters. The zero-order chi connectivity index (χ0) is 17.4. The lowest BCUT2D eigenvalue weighted by Crippen LogP contribution is -2.40. The van der Waals surface area contributed by atoms with E-state index in [0.29, 0.717) is 12.5 Å². The van der Waals surface area contributed by atoms with Crippen LogP contribution in [0, 0.1) is 16.0 Å². The van der Waals surface area contributed by atoms with Gasteiger partial charge in [0.15, 0.2) is 5.96 Å². The minimum atomic E-state index is -0.378. The molecule has 0 aromatic heterocycles. The summed E-state index contributed by atoms with van der Waals surface area (Å²) in [7, 11) is 0. The molecular formula is C17H26N4O3. The summed E-state index contributed by atoms with van der Waals surface area (Å²) in [6.45, 7) is 8.69. The first-order valence-electron chi connectivity index (χ1n) is 8.48. The van der Waals surface area contributed by atoms with Gasteiger partial charge in [-0.1, -0.05) is 12.1 Å². The van der Waals surface area contributed by atoms with E-state index < -0.39 is 0 Å². The summed E-state index contributed by atoms with van der Waals surface area (Å²) in [5.41, 5.74) is 0.940. The van der Waals surface area contributed by atoms with Gasteiger partial charge in [-0.25, -0.2) is 4.99 Å². The van der Waals surface area contributed by atoms with E-state index in [1.165, 1.54) is 6.07 Å². The number of nitrogens with one attached hydrogen (secondary N) is 1. The third-order valence-corrected chi connectivity index (χ3v) is 4.01. The molecule has 1 atom stereocenters. The summed E-state index contributed by atoms with van der Waals surface area (Å²) < 4.78 is 5.52. The number of guanidine groups is 1. The number of aliphatic imine (C=N–C) groups is 1. The molecule has 24 heavy (non-hydrogen) atoms. The quantitative estimate of drug-likeness (QED) is 0.358. The van der Waals surface area contributed by atoms with Gasteiger partial charge in [-0.3, -0.25) is 10.1 Å². The van der Waals surface area contributed by atoms with Crippen molar-refractivity contribution in [2.24, 2.45) is 10.9 Å². The second kappa shape index (κ2) is 9.22. The van der Waals surface area contributed by atoms with E-state index in [9.17, 15) is 10.1 Å². The normalized spacial score (nSPS) is 18.0. The average Bonchev–Trinajstić information content (AvgIpc) is 3.05. The molecule has 132 valence electrons. The lowest BCUT2D eigenvalue weighted by molar-refractivity contribution is -0.384. The number of rotatable bonds is 7. The molecule has 0 spiro atoms. The van der Waals surface area contributed by atoms with Crippen LogP contribution in [0.3, 0.4) is 0 Å². The lowest BCUT2D eigenvalue weighted by Gasteiger charge is -2.21. The summed E-state index contributed by atoms with van der Waals surface area (Å²) in [4.78, 5) is 17.4. The number of hydrogen-bond donors (Lipinski definition) is 1. The Hall–Kier alpha value is -2.15. The van der Waals surface area contributed by atoms with Crippen molar-refractivity contribution < 1.29 is 9.66 Å². The van der Waals surface area contributed by atoms with Crippen molar-refractivity contribution in [3.63, 3.8) is 0 Å². The van der Waals surface area contributed by atoms with E-state index in [1.54, 1.807) is 12.1 Å². The van der Waals surface area contributed by atoms with Crippen molar-refractivity contribution in [2.75, 3.05) is 32.8 Å². The molecule has 0 aliphatic carbocycles. The van der Waals surface area contributed by atoms with Crippen LogP contribution >= 0.6 is 0 Å². The van der Waals surface area contributed by atoms with Crippen molar-refractivity contribution in [1.29, 1.82) is 0 Å². The predicted molar refractivity (Wildman–Crippen MR) is 94.1 cm³/mol. The van der Waals surface area contributed by atoms with E-state index in [2.05, 4.69) is 15.2 Å². The fourth-order valence-electron chi connectivity index (χ4n) is 2.81. The van der Waals surface area contributed by atoms with Gasteiger partial charge in [0, 0.05) is 44.3 Å². The molecule has 1 aliphatic rings. The smallest absolute Gasteiger partial charge is 0.269 e. The van der Waals surface area contributed by atoms with Crippen LogP contribution in [0.4, 0.5) is 5.69 Å². The first-order chi connectivity index (χ1) is 11.6. The predicted octanol–water partition coefficient (Wildman–Crippen LogP) is 2.42. The van der Waals surface area contributed by atoms with Crippen molar-refractivity contribution in [3.8, 4) is 0 Å². The summed E-state index contributed by atoms with van der Waals surface area (Å²) in [6.07, 6.45) is 1.10. The fourth-order valence-corrected chi connectivity index (χ4v) is 2.81. The van der Waals surface area contributed by atoms with E-state index in [1.807, 2.05) is 19.9 Å². The van der Waals surface area contributed by atoms with Crippen LogP contribution in [0.1, 0.15) is 25.8 Å². The number of non-ortho nitro benzene ring substituents is 1. The number of benzene rings is 1. The maximum absolute atomic E-state index is 10.9. The van der Waals surface area contributed by atoms with Crippen LogP contribution < -0.4 is 5.32 Å². The van der Waals surface area contributed by atoms with Crippen molar-refractivity contribution in [3.05, 3.63) is 39.9 Å². The van der Waals surface area contributed by atoms with Crippen LogP contribution in [0.25, 0.3) is 0 Å². The van der Waals surface area contributed by atoms with Gasteiger partial charge >= 0.3 is 0 Å². The van der Waals surface area contributed by atoms with Crippen molar-refractivity contribution in [1.82, 2.24) is 10.2 Å². The molecule has 0 bridgehead atoms. The van der Waals surface area contributed by atoms with Crippen LogP contribution in [0.2, 0.25) is 0 Å². The van der Waals surface area contributed by atoms with Gasteiger partial charge in [-0.15, -0.1) is 0 Å². The highest BCUT2D eigenvalue weighted by atomic mass is 16.6. The Bertz CT molecular complexity index is 577. The van der Waals surface area contributed by atoms with Crippen molar-refractivity contribution >= 4 is 11.6 Å². The molecule has 0 amide bonds. The SMILES string of the molecule is CCNC(=NCc1cccc([N+](=O)[O-])c1)N1CCC(COCC)C1. The minimum Gasteiger partial charge on any atom is -0.381 e. The maximum Gasteiger partial charge on any atom is 0.269 e. The Morgan fingerprint density at radius 2 is 2.33 bits per heavy atom. The van der Waals surface area contributed by atoms with Crippen LogP contribution in [-0.2, 0) is 11.3 Å². The summed E-state index contributed by atoms with van der Waals surface area (Å²) in [6, 6.07) is 6.64. The lowest BCUT2D eigenvalue weighted by atomic mass is 10.1. The molecule has 7 nitrogen and oxygen atoms in total. The maximum atomic E-state index is 10.9. The Morgan fingerprint density at radius 1 is 1.50 bits per heavy atom. The second-order valence-corrected chi connectivity index (χ2v) is 5.86. The molecule has 0 radical (unpaired) electrons. The van der Waals surface area contributed by atoms with Crippen LogP contribution in [-0.4, -0.2) is 48.6 Å². The number of hydrogen-bond acceptors (Lipinski definition) is 4. The topological polar surface area (TPSA) is 80.0 Å². The molecule has 1 saturated heterocycles. The van der Waals surface area contributed by atoms with Gasteiger partial charge in [0.25, 0.3) is 5.69 Å². The fraction of sp³-hybridized carbons (Fsp3) is 0.588. The number of nitro benzene ring substituents is 1. The molecule has 1 aromatic carbocycles. The molecule has 1 N–H and O–H groups in total. The summed E-state index contributed by atoms with van der Waals surface area (Å²) in [5, 5.41) is 14.2. The summed E-state index contributed by atoms with van der Waals surface area (Å²) in [5.74, 6) is 1.40. The highest BCUT2D eigenvalue weighted by molar-refractivity contribution is 5.80. The van der Waals surface area contributed by atoms with Gasteiger partial charge in [0.1, 0.15) is 0 Å². The molecule has 1 aromatic rings. The first kappa shape index (κ1) is 18.2. The third kappa shape index (κ3) is 5.19. The monoisotopic (exact) mass is 334 g/mol. The van der Waals surface area contributed by atoms with Crippen LogP contribution in [0.15, 0.2) is 29.3 Å². The van der Waals surface area contributed by atoms with Crippen molar-refractivity contribution in [2.45, 2.75) is 26.8 Å².